The minimum atomic E-state index is -3.82. The van der Waals surface area contributed by atoms with Crippen LogP contribution >= 0.6 is 23.1 Å². The third-order valence-corrected chi connectivity index (χ3v) is 6.52. The molecule has 1 heterocycles. The van der Waals surface area contributed by atoms with E-state index in [0.717, 1.165) is 36.3 Å². The van der Waals surface area contributed by atoms with Crippen molar-refractivity contribution in [3.05, 3.63) is 57.6 Å². The molecule has 0 aliphatic rings. The molecule has 1 aromatic carbocycles. The van der Waals surface area contributed by atoms with Crippen molar-refractivity contribution >= 4 is 68.2 Å². The smallest absolute Gasteiger partial charge is 0.328 e. The molecule has 0 saturated heterocycles. The number of nitro groups is 1. The van der Waals surface area contributed by atoms with Crippen LogP contribution in [-0.4, -0.2) is 65.1 Å². The van der Waals surface area contributed by atoms with Crippen molar-refractivity contribution in [2.45, 2.75) is 10.6 Å². The highest BCUT2D eigenvalue weighted by Gasteiger charge is 2.14. The number of nitro benzene ring substituents is 1. The summed E-state index contributed by atoms with van der Waals surface area (Å²) in [6.07, 6.45) is 2.21. The molecule has 0 unspecified atom stereocenters. The Hall–Kier alpha value is -4.03. The summed E-state index contributed by atoms with van der Waals surface area (Å²) < 4.78 is 26.3. The molecule has 18 heteroatoms. The Balaban J connectivity index is 0.000000697. The summed E-state index contributed by atoms with van der Waals surface area (Å²) in [7, 11) is -3.82. The van der Waals surface area contributed by atoms with Gasteiger partial charge < -0.3 is 21.3 Å². The number of nitrogens with two attached hydrogens (primary N) is 1. The SMILES string of the molecule is N=C(N)Nc1nc(CSCCN=CNS(=O)(=O)c2ccc([N+](=O)[O-])cc2)cs1.O=C(O)/C=C\C(=O)O. The number of benzene rings is 1. The molecule has 15 nitrogen and oxygen atoms in total. The maximum Gasteiger partial charge on any atom is 0.328 e. The van der Waals surface area contributed by atoms with Gasteiger partial charge in [0.05, 0.1) is 21.9 Å². The van der Waals surface area contributed by atoms with Crippen molar-refractivity contribution in [1.29, 1.82) is 5.41 Å². The quantitative estimate of drug-likeness (QED) is 0.0537. The highest BCUT2D eigenvalue weighted by Crippen LogP contribution is 2.19. The van der Waals surface area contributed by atoms with E-state index < -0.39 is 26.9 Å². The van der Waals surface area contributed by atoms with Gasteiger partial charge in [-0.1, -0.05) is 0 Å². The highest BCUT2D eigenvalue weighted by atomic mass is 32.2. The molecule has 2 rings (SSSR count). The number of sulfonamides is 1. The zero-order chi connectivity index (χ0) is 27.1. The molecule has 0 amide bonds. The summed E-state index contributed by atoms with van der Waals surface area (Å²) in [6.45, 7) is 0.399. The van der Waals surface area contributed by atoms with Crippen LogP contribution in [0.2, 0.25) is 0 Å². The molecule has 0 atom stereocenters. The standard InChI is InChI=1S/C14H17N7O4S3.C4H4O4/c15-13(16)20-14-19-10(8-27-14)7-26-6-5-17-9-18-28(24,25)12-3-1-11(2-4-12)21(22)23;5-3(6)1-2-4(7)8/h1-4,8-9H,5-7H2,(H,17,18)(H4,15,16,19,20);1-2H,(H,5,6)(H,7,8)/b;2-1-. The predicted molar refractivity (Wildman–Crippen MR) is 135 cm³/mol. The number of anilines is 1. The van der Waals surface area contributed by atoms with Gasteiger partial charge in [0.2, 0.25) is 0 Å². The summed E-state index contributed by atoms with van der Waals surface area (Å²) in [5.41, 5.74) is 5.89. The van der Waals surface area contributed by atoms with Crippen LogP contribution in [0.1, 0.15) is 5.69 Å². The number of nitrogens with zero attached hydrogens (tertiary/aromatic N) is 3. The number of thioether (sulfide) groups is 1. The largest absolute Gasteiger partial charge is 0.478 e. The number of guanidine groups is 1. The Morgan fingerprint density at radius 1 is 1.25 bits per heavy atom. The van der Waals surface area contributed by atoms with Crippen molar-refractivity contribution < 1.29 is 33.1 Å². The van der Waals surface area contributed by atoms with Gasteiger partial charge in [0.1, 0.15) is 0 Å². The number of nitrogens with one attached hydrogen (secondary N) is 3. The van der Waals surface area contributed by atoms with Crippen molar-refractivity contribution in [1.82, 2.24) is 9.71 Å². The number of hydrogen-bond acceptors (Lipinski definition) is 11. The van der Waals surface area contributed by atoms with E-state index in [1.165, 1.54) is 11.3 Å². The van der Waals surface area contributed by atoms with E-state index in [1.807, 2.05) is 5.38 Å². The summed E-state index contributed by atoms with van der Waals surface area (Å²) in [6, 6.07) is 4.57. The first-order chi connectivity index (χ1) is 16.9. The first-order valence-corrected chi connectivity index (χ1v) is 12.9. The second kappa shape index (κ2) is 15.1. The Morgan fingerprint density at radius 3 is 2.39 bits per heavy atom. The summed E-state index contributed by atoms with van der Waals surface area (Å²) >= 11 is 2.93. The molecule has 0 aliphatic carbocycles. The number of thiazole rings is 1. The fourth-order valence-corrected chi connectivity index (χ4v) is 4.38. The molecular formula is C18H21N7O8S3. The van der Waals surface area contributed by atoms with Gasteiger partial charge in [-0.3, -0.25) is 25.2 Å². The van der Waals surface area contributed by atoms with Crippen LogP contribution in [0.4, 0.5) is 10.8 Å². The van der Waals surface area contributed by atoms with E-state index in [4.69, 9.17) is 21.4 Å². The monoisotopic (exact) mass is 559 g/mol. The van der Waals surface area contributed by atoms with Gasteiger partial charge in [-0.25, -0.2) is 23.0 Å². The topological polar surface area (TPSA) is 251 Å². The summed E-state index contributed by atoms with van der Waals surface area (Å²) in [5.74, 6) is -1.37. The van der Waals surface area contributed by atoms with Gasteiger partial charge in [-0.15, -0.1) is 11.3 Å². The predicted octanol–water partition coefficient (Wildman–Crippen LogP) is 1.31. The molecule has 194 valence electrons. The van der Waals surface area contributed by atoms with Crippen LogP contribution in [0.5, 0.6) is 0 Å². The zero-order valence-electron chi connectivity index (χ0n) is 18.2. The second-order valence-corrected chi connectivity index (χ2v) is 9.83. The molecule has 0 radical (unpaired) electrons. The van der Waals surface area contributed by atoms with E-state index in [2.05, 4.69) is 20.0 Å². The van der Waals surface area contributed by atoms with Gasteiger partial charge in [0.15, 0.2) is 11.1 Å². The van der Waals surface area contributed by atoms with E-state index in [1.54, 1.807) is 11.8 Å². The third-order valence-electron chi connectivity index (χ3n) is 3.43. The van der Waals surface area contributed by atoms with Gasteiger partial charge >= 0.3 is 11.9 Å². The zero-order valence-corrected chi connectivity index (χ0v) is 20.7. The number of aliphatic carboxylic acids is 2. The van der Waals surface area contributed by atoms with Crippen LogP contribution in [0.3, 0.4) is 0 Å². The Labute approximate surface area is 212 Å². The Bertz CT molecular complexity index is 1210. The second-order valence-electron chi connectivity index (χ2n) is 6.15. The van der Waals surface area contributed by atoms with Gasteiger partial charge in [0, 0.05) is 47.7 Å². The van der Waals surface area contributed by atoms with Crippen LogP contribution < -0.4 is 15.8 Å². The molecule has 0 saturated carbocycles. The Kier molecular flexibility index (Phi) is 12.6. The lowest BCUT2D eigenvalue weighted by atomic mass is 10.3. The molecule has 0 spiro atoms. The normalized spacial score (nSPS) is 11.0. The molecule has 7 N–H and O–H groups in total. The van der Waals surface area contributed by atoms with Crippen molar-refractivity contribution in [3.8, 4) is 0 Å². The van der Waals surface area contributed by atoms with Crippen LogP contribution in [0.15, 0.2) is 51.7 Å². The van der Waals surface area contributed by atoms with Crippen molar-refractivity contribution in [2.75, 3.05) is 17.6 Å². The van der Waals surface area contributed by atoms with E-state index in [9.17, 15) is 28.1 Å². The highest BCUT2D eigenvalue weighted by molar-refractivity contribution is 7.98. The number of aliphatic imine (C=N–C) groups is 1. The van der Waals surface area contributed by atoms with Crippen molar-refractivity contribution in [2.24, 2.45) is 10.7 Å². The van der Waals surface area contributed by atoms with Gasteiger partial charge in [0.25, 0.3) is 15.7 Å². The molecule has 0 bridgehead atoms. The van der Waals surface area contributed by atoms with Gasteiger partial charge in [-0.2, -0.15) is 11.8 Å². The summed E-state index contributed by atoms with van der Waals surface area (Å²) in [4.78, 5) is 37.3. The number of aromatic nitrogens is 1. The Morgan fingerprint density at radius 2 is 1.86 bits per heavy atom. The van der Waals surface area contributed by atoms with E-state index >= 15 is 0 Å². The van der Waals surface area contributed by atoms with Gasteiger partial charge in [-0.05, 0) is 12.1 Å². The fraction of sp³-hybridized carbons (Fsp3) is 0.167. The van der Waals surface area contributed by atoms with E-state index in [0.29, 0.717) is 35.3 Å². The molecule has 0 aliphatic heterocycles. The average molecular weight is 560 g/mol. The summed E-state index contributed by atoms with van der Waals surface area (Å²) in [5, 5.41) is 38.4. The average Bonchev–Trinajstić information content (AvgIpc) is 3.24. The van der Waals surface area contributed by atoms with E-state index in [-0.39, 0.29) is 16.5 Å². The lowest BCUT2D eigenvalue weighted by Gasteiger charge is -2.03. The lowest BCUT2D eigenvalue weighted by molar-refractivity contribution is -0.384. The molecular weight excluding hydrogens is 538 g/mol. The molecule has 2 aromatic rings. The number of non-ortho nitro benzene ring substituents is 1. The number of hydrogen-bond donors (Lipinski definition) is 6. The van der Waals surface area contributed by atoms with Crippen LogP contribution in [0, 0.1) is 15.5 Å². The number of carboxylic acids is 2. The minimum Gasteiger partial charge on any atom is -0.478 e. The number of rotatable bonds is 12. The third kappa shape index (κ3) is 12.4. The first-order valence-electron chi connectivity index (χ1n) is 9.43. The fourth-order valence-electron chi connectivity index (χ4n) is 1.97. The van der Waals surface area contributed by atoms with Crippen LogP contribution in [0.25, 0.3) is 0 Å². The molecule has 36 heavy (non-hydrogen) atoms. The lowest BCUT2D eigenvalue weighted by Crippen LogP contribution is -2.22. The maximum atomic E-state index is 12.1. The van der Waals surface area contributed by atoms with Crippen LogP contribution in [-0.2, 0) is 25.4 Å². The number of carbonyl (C=O) groups is 2. The number of carboxylic acid groups (broad SMARTS) is 2. The minimum absolute atomic E-state index is 0.0857. The first kappa shape index (κ1) is 30.0. The molecule has 1 aromatic heterocycles. The van der Waals surface area contributed by atoms with Crippen molar-refractivity contribution in [3.63, 3.8) is 0 Å². The maximum absolute atomic E-state index is 12.1. The molecule has 0 fully saturated rings.